The van der Waals surface area contributed by atoms with E-state index in [0.29, 0.717) is 16.5 Å². The molecule has 0 saturated heterocycles. The summed E-state index contributed by atoms with van der Waals surface area (Å²) in [6.45, 7) is 1.83. The van der Waals surface area contributed by atoms with Gasteiger partial charge < -0.3 is 9.52 Å². The lowest BCUT2D eigenvalue weighted by atomic mass is 10.2. The molecule has 2 aromatic heterocycles. The first kappa shape index (κ1) is 13.4. The molecule has 0 aliphatic rings. The van der Waals surface area contributed by atoms with Gasteiger partial charge in [-0.1, -0.05) is 22.9 Å². The molecule has 1 aromatic carbocycles. The van der Waals surface area contributed by atoms with Gasteiger partial charge in [0.1, 0.15) is 5.69 Å². The van der Waals surface area contributed by atoms with Gasteiger partial charge in [-0.3, -0.25) is 0 Å². The number of hydrogen-bond acceptors (Lipinski definition) is 4. The fraction of sp³-hybridized carbons (Fsp3) is 0.0714. The lowest BCUT2D eigenvalue weighted by Crippen LogP contribution is -2.04. The first-order valence-electron chi connectivity index (χ1n) is 6.08. The van der Waals surface area contributed by atoms with E-state index in [1.807, 2.05) is 6.92 Å². The predicted octanol–water partition coefficient (Wildman–Crippen LogP) is 3.19. The smallest absolute Gasteiger partial charge is 0.358 e. The van der Waals surface area contributed by atoms with Crippen molar-refractivity contribution in [1.29, 1.82) is 0 Å². The van der Waals surface area contributed by atoms with Gasteiger partial charge in [-0.25, -0.2) is 9.48 Å². The van der Waals surface area contributed by atoms with Crippen molar-refractivity contribution in [2.45, 2.75) is 6.92 Å². The highest BCUT2D eigenvalue weighted by molar-refractivity contribution is 6.31. The van der Waals surface area contributed by atoms with E-state index < -0.39 is 5.97 Å². The Morgan fingerprint density at radius 2 is 2.14 bits per heavy atom. The van der Waals surface area contributed by atoms with Crippen molar-refractivity contribution < 1.29 is 14.3 Å². The number of hydrogen-bond donors (Lipinski definition) is 1. The third-order valence-corrected chi connectivity index (χ3v) is 3.50. The molecular weight excluding hydrogens is 294 g/mol. The van der Waals surface area contributed by atoms with Gasteiger partial charge in [-0.15, -0.1) is 5.10 Å². The Labute approximate surface area is 124 Å². The van der Waals surface area contributed by atoms with Gasteiger partial charge in [0.2, 0.25) is 5.69 Å². The van der Waals surface area contributed by atoms with Crippen LogP contribution >= 0.6 is 11.6 Å². The van der Waals surface area contributed by atoms with Crippen LogP contribution in [0, 0.1) is 6.92 Å². The van der Waals surface area contributed by atoms with E-state index >= 15 is 0 Å². The number of benzene rings is 1. The molecule has 0 aliphatic heterocycles. The fourth-order valence-electron chi connectivity index (χ4n) is 2.05. The maximum atomic E-state index is 11.3. The summed E-state index contributed by atoms with van der Waals surface area (Å²) in [5.74, 6) is -0.802. The minimum atomic E-state index is -1.17. The molecule has 0 spiro atoms. The minimum absolute atomic E-state index is 0.177. The standard InChI is InChI=1S/C14H10ClN3O3/c1-8-9(15)4-2-5-10(8)18-13(11-6-3-7-21-11)12(14(19)20)16-17-18/h2-7H,1H3,(H,19,20). The number of aromatic nitrogens is 3. The summed E-state index contributed by atoms with van der Waals surface area (Å²) in [5.41, 5.74) is 1.52. The average molecular weight is 304 g/mol. The van der Waals surface area contributed by atoms with E-state index in [9.17, 15) is 9.90 Å². The topological polar surface area (TPSA) is 81.2 Å². The summed E-state index contributed by atoms with van der Waals surface area (Å²) in [7, 11) is 0. The predicted molar refractivity (Wildman–Crippen MR) is 75.8 cm³/mol. The van der Waals surface area contributed by atoms with Crippen LogP contribution in [0.15, 0.2) is 41.0 Å². The second-order valence-electron chi connectivity index (χ2n) is 4.36. The summed E-state index contributed by atoms with van der Waals surface area (Å²) >= 11 is 6.11. The molecule has 0 atom stereocenters. The number of furan rings is 1. The second-order valence-corrected chi connectivity index (χ2v) is 4.77. The summed E-state index contributed by atoms with van der Waals surface area (Å²) < 4.78 is 6.72. The van der Waals surface area contributed by atoms with E-state index in [0.717, 1.165) is 5.56 Å². The molecule has 106 valence electrons. The Hall–Kier alpha value is -2.60. The van der Waals surface area contributed by atoms with Crippen LogP contribution in [0.5, 0.6) is 0 Å². The maximum Gasteiger partial charge on any atom is 0.358 e. The first-order valence-corrected chi connectivity index (χ1v) is 6.45. The Balaban J connectivity index is 2.29. The molecule has 0 bridgehead atoms. The monoisotopic (exact) mass is 303 g/mol. The molecule has 0 radical (unpaired) electrons. The Morgan fingerprint density at radius 1 is 1.33 bits per heavy atom. The largest absolute Gasteiger partial charge is 0.476 e. The SMILES string of the molecule is Cc1c(Cl)cccc1-n1nnc(C(=O)O)c1-c1ccco1. The molecule has 21 heavy (non-hydrogen) atoms. The molecule has 2 heterocycles. The number of carboxylic acid groups (broad SMARTS) is 1. The average Bonchev–Trinajstić information content (AvgIpc) is 3.09. The van der Waals surface area contributed by atoms with Crippen molar-refractivity contribution in [3.63, 3.8) is 0 Å². The molecule has 0 saturated carbocycles. The lowest BCUT2D eigenvalue weighted by Gasteiger charge is -2.09. The fourth-order valence-corrected chi connectivity index (χ4v) is 2.22. The van der Waals surface area contributed by atoms with Crippen molar-refractivity contribution in [1.82, 2.24) is 15.0 Å². The van der Waals surface area contributed by atoms with Crippen molar-refractivity contribution in [3.8, 4) is 17.1 Å². The molecule has 0 fully saturated rings. The number of nitrogens with zero attached hydrogens (tertiary/aromatic N) is 3. The molecule has 7 heteroatoms. The van der Waals surface area contributed by atoms with Gasteiger partial charge in [-0.05, 0) is 36.8 Å². The van der Waals surface area contributed by atoms with Crippen LogP contribution in [0.2, 0.25) is 5.02 Å². The molecule has 6 nitrogen and oxygen atoms in total. The zero-order valence-corrected chi connectivity index (χ0v) is 11.7. The second kappa shape index (κ2) is 5.06. The zero-order valence-electron chi connectivity index (χ0n) is 10.9. The van der Waals surface area contributed by atoms with Crippen LogP contribution in [0.1, 0.15) is 16.1 Å². The summed E-state index contributed by atoms with van der Waals surface area (Å²) in [6.07, 6.45) is 1.46. The van der Waals surface area contributed by atoms with Crippen molar-refractivity contribution in [3.05, 3.63) is 52.9 Å². The normalized spacial score (nSPS) is 10.8. The van der Waals surface area contributed by atoms with Crippen molar-refractivity contribution >= 4 is 17.6 Å². The van der Waals surface area contributed by atoms with Gasteiger partial charge in [0.15, 0.2) is 5.76 Å². The van der Waals surface area contributed by atoms with E-state index in [4.69, 9.17) is 16.0 Å². The number of rotatable bonds is 3. The first-order chi connectivity index (χ1) is 10.1. The summed E-state index contributed by atoms with van der Waals surface area (Å²) in [6, 6.07) is 8.62. The Morgan fingerprint density at radius 3 is 2.81 bits per heavy atom. The van der Waals surface area contributed by atoms with Gasteiger partial charge in [0.05, 0.1) is 12.0 Å². The van der Waals surface area contributed by atoms with E-state index in [2.05, 4.69) is 10.3 Å². The van der Waals surface area contributed by atoms with Crippen molar-refractivity contribution in [2.75, 3.05) is 0 Å². The highest BCUT2D eigenvalue weighted by Gasteiger charge is 2.24. The molecule has 3 rings (SSSR count). The molecule has 3 aromatic rings. The van der Waals surface area contributed by atoms with Crippen LogP contribution in [-0.4, -0.2) is 26.1 Å². The van der Waals surface area contributed by atoms with Crippen molar-refractivity contribution in [2.24, 2.45) is 0 Å². The Bertz CT molecular complexity index is 809. The molecule has 1 N–H and O–H groups in total. The third kappa shape index (κ3) is 2.19. The van der Waals surface area contributed by atoms with Crippen LogP contribution in [0.25, 0.3) is 17.1 Å². The highest BCUT2D eigenvalue weighted by Crippen LogP contribution is 2.29. The molecular formula is C14H10ClN3O3. The van der Waals surface area contributed by atoms with Crippen LogP contribution in [0.4, 0.5) is 0 Å². The Kier molecular flexibility index (Phi) is 3.23. The van der Waals surface area contributed by atoms with Crippen LogP contribution in [-0.2, 0) is 0 Å². The molecule has 0 aliphatic carbocycles. The number of aromatic carboxylic acids is 1. The minimum Gasteiger partial charge on any atom is -0.476 e. The number of carbonyl (C=O) groups is 1. The van der Waals surface area contributed by atoms with E-state index in [-0.39, 0.29) is 11.4 Å². The van der Waals surface area contributed by atoms with Gasteiger partial charge in [0.25, 0.3) is 0 Å². The maximum absolute atomic E-state index is 11.3. The van der Waals surface area contributed by atoms with Crippen LogP contribution in [0.3, 0.4) is 0 Å². The number of carboxylic acids is 1. The molecule has 0 amide bonds. The van der Waals surface area contributed by atoms with Crippen LogP contribution < -0.4 is 0 Å². The lowest BCUT2D eigenvalue weighted by molar-refractivity contribution is 0.0691. The third-order valence-electron chi connectivity index (χ3n) is 3.09. The highest BCUT2D eigenvalue weighted by atomic mass is 35.5. The summed E-state index contributed by atoms with van der Waals surface area (Å²) in [5, 5.41) is 17.5. The zero-order chi connectivity index (χ0) is 15.0. The van der Waals surface area contributed by atoms with Gasteiger partial charge in [0, 0.05) is 5.02 Å². The van der Waals surface area contributed by atoms with E-state index in [1.54, 1.807) is 30.3 Å². The number of halogens is 1. The van der Waals surface area contributed by atoms with Gasteiger partial charge in [-0.2, -0.15) is 0 Å². The quantitative estimate of drug-likeness (QED) is 0.803. The van der Waals surface area contributed by atoms with E-state index in [1.165, 1.54) is 10.9 Å². The van der Waals surface area contributed by atoms with Gasteiger partial charge >= 0.3 is 5.97 Å². The molecule has 0 unspecified atom stereocenters. The summed E-state index contributed by atoms with van der Waals surface area (Å²) in [4.78, 5) is 11.3.